The summed E-state index contributed by atoms with van der Waals surface area (Å²) in [5, 5.41) is 32.0. The van der Waals surface area contributed by atoms with Gasteiger partial charge in [-0.05, 0) is 64.7 Å². The highest BCUT2D eigenvalue weighted by Crippen LogP contribution is 2.44. The number of rotatable bonds is 36. The zero-order valence-corrected chi connectivity index (χ0v) is 49.8. The minimum atomic E-state index is -0.891. The number of carboxylic acid groups (broad SMARTS) is 1. The Labute approximate surface area is 445 Å². The van der Waals surface area contributed by atoms with E-state index in [4.69, 9.17) is 4.74 Å². The molecule has 416 valence electrons. The maximum Gasteiger partial charge on any atom is 0.338 e. The Morgan fingerprint density at radius 3 is 0.986 bits per heavy atom. The molecule has 0 aliphatic carbocycles. The van der Waals surface area contributed by atoms with Crippen molar-refractivity contribution < 1.29 is 29.6 Å². The van der Waals surface area contributed by atoms with Gasteiger partial charge in [-0.3, -0.25) is 0 Å². The average molecular weight is 1010 g/mol. The first-order chi connectivity index (χ1) is 33.9. The summed E-state index contributed by atoms with van der Waals surface area (Å²) in [6.45, 7) is 29.6. The second-order valence-electron chi connectivity index (χ2n) is 25.9. The van der Waals surface area contributed by atoms with Gasteiger partial charge in [0, 0.05) is 22.3 Å². The standard InChI is InChI=1S/2C33H58O3/c1-8-9-10-11-12-13-14-15-16-17-18-19-20-21-22-23-24-36-31(35)27-25-28(32(2,3)4)30(34)29(26-27)33(5,6)7;1-8-9-10-11-12-13-14-15-16-17-18-19-20-21-22-23-24-26-27(31(35)36)25-28(32(2,3)4)30(34)29(26)33(5,6)7/h25-26,34H,8-24H2,1-7H3;25,34H,8-24H2,1-7H3,(H,35,36). The van der Waals surface area contributed by atoms with Crippen LogP contribution in [0, 0.1) is 0 Å². The van der Waals surface area contributed by atoms with Gasteiger partial charge in [0.05, 0.1) is 17.7 Å². The zero-order valence-electron chi connectivity index (χ0n) is 49.8. The Morgan fingerprint density at radius 1 is 0.403 bits per heavy atom. The second kappa shape index (κ2) is 36.0. The molecule has 0 unspecified atom stereocenters. The van der Waals surface area contributed by atoms with Crippen LogP contribution in [0.3, 0.4) is 0 Å². The van der Waals surface area contributed by atoms with Gasteiger partial charge in [0.1, 0.15) is 11.5 Å². The Morgan fingerprint density at radius 2 is 0.694 bits per heavy atom. The third-order valence-electron chi connectivity index (χ3n) is 14.7. The van der Waals surface area contributed by atoms with E-state index in [1.54, 1.807) is 18.2 Å². The normalized spacial score (nSPS) is 12.2. The van der Waals surface area contributed by atoms with Crippen molar-refractivity contribution >= 4 is 11.9 Å². The van der Waals surface area contributed by atoms with Gasteiger partial charge in [0.25, 0.3) is 0 Å². The van der Waals surface area contributed by atoms with Gasteiger partial charge in [-0.25, -0.2) is 9.59 Å². The molecule has 2 rings (SSSR count). The predicted octanol–water partition coefficient (Wildman–Crippen LogP) is 20.9. The van der Waals surface area contributed by atoms with E-state index in [0.29, 0.717) is 29.9 Å². The third-order valence-corrected chi connectivity index (χ3v) is 14.7. The number of phenols is 2. The van der Waals surface area contributed by atoms with Crippen LogP contribution < -0.4 is 0 Å². The summed E-state index contributed by atoms with van der Waals surface area (Å²) in [4.78, 5) is 25.0. The quantitative estimate of drug-likeness (QED) is 0.0464. The van der Waals surface area contributed by atoms with Gasteiger partial charge in [-0.2, -0.15) is 0 Å². The van der Waals surface area contributed by atoms with Crippen molar-refractivity contribution in [1.82, 2.24) is 0 Å². The van der Waals surface area contributed by atoms with Crippen LogP contribution in [0.1, 0.15) is 351 Å². The van der Waals surface area contributed by atoms with Gasteiger partial charge in [0.2, 0.25) is 0 Å². The summed E-state index contributed by atoms with van der Waals surface area (Å²) in [5.74, 6) is -0.597. The number of aromatic hydroxyl groups is 2. The molecule has 0 saturated carbocycles. The Balaban J connectivity index is 0.000000720. The molecule has 0 bridgehead atoms. The molecule has 3 N–H and O–H groups in total. The lowest BCUT2D eigenvalue weighted by atomic mass is 9.74. The van der Waals surface area contributed by atoms with E-state index in [1.165, 1.54) is 180 Å². The van der Waals surface area contributed by atoms with E-state index < -0.39 is 5.97 Å². The van der Waals surface area contributed by atoms with Crippen LogP contribution in [0.25, 0.3) is 0 Å². The molecule has 6 heteroatoms. The van der Waals surface area contributed by atoms with Crippen molar-refractivity contribution in [2.45, 2.75) is 330 Å². The second-order valence-corrected chi connectivity index (χ2v) is 25.9. The number of hydrogen-bond acceptors (Lipinski definition) is 5. The molecule has 0 amide bonds. The molecule has 0 radical (unpaired) electrons. The first kappa shape index (κ1) is 67.0. The Hall–Kier alpha value is -3.02. The van der Waals surface area contributed by atoms with Crippen LogP contribution in [0.4, 0.5) is 0 Å². The van der Waals surface area contributed by atoms with Crippen LogP contribution in [0.15, 0.2) is 18.2 Å². The number of ether oxygens (including phenoxy) is 1. The fraction of sp³-hybridized carbons (Fsp3) is 0.788. The van der Waals surface area contributed by atoms with Gasteiger partial charge >= 0.3 is 11.9 Å². The van der Waals surface area contributed by atoms with E-state index in [1.807, 2.05) is 20.8 Å². The first-order valence-electron chi connectivity index (χ1n) is 30.1. The number of carboxylic acids is 1. The predicted molar refractivity (Wildman–Crippen MR) is 311 cm³/mol. The van der Waals surface area contributed by atoms with E-state index >= 15 is 0 Å². The van der Waals surface area contributed by atoms with Gasteiger partial charge in [0.15, 0.2) is 0 Å². The number of phenolic OH excluding ortho intramolecular Hbond substituents is 2. The molecule has 72 heavy (non-hydrogen) atoms. The number of carbonyl (C=O) groups is 2. The van der Waals surface area contributed by atoms with Gasteiger partial charge in [-0.15, -0.1) is 0 Å². The summed E-state index contributed by atoms with van der Waals surface area (Å²) in [7, 11) is 0. The number of benzene rings is 2. The van der Waals surface area contributed by atoms with E-state index in [2.05, 4.69) is 76.2 Å². The molecule has 2 aromatic rings. The minimum absolute atomic E-state index is 0.256. The summed E-state index contributed by atoms with van der Waals surface area (Å²) in [6, 6.07) is 5.33. The van der Waals surface area contributed by atoms with Crippen molar-refractivity contribution in [3.8, 4) is 11.5 Å². The molecular weight excluding hydrogens is 889 g/mol. The molecule has 0 saturated heterocycles. The lowest BCUT2D eigenvalue weighted by Crippen LogP contribution is -2.22. The van der Waals surface area contributed by atoms with Crippen LogP contribution in [-0.2, 0) is 32.8 Å². The van der Waals surface area contributed by atoms with Crippen molar-refractivity contribution in [2.24, 2.45) is 0 Å². The van der Waals surface area contributed by atoms with Crippen molar-refractivity contribution in [2.75, 3.05) is 6.61 Å². The fourth-order valence-corrected chi connectivity index (χ4v) is 10.2. The summed E-state index contributed by atoms with van der Waals surface area (Å²) < 4.78 is 5.60. The van der Waals surface area contributed by atoms with Gasteiger partial charge in [-0.1, -0.05) is 290 Å². The largest absolute Gasteiger partial charge is 0.507 e. The van der Waals surface area contributed by atoms with Crippen LogP contribution in [0.5, 0.6) is 11.5 Å². The van der Waals surface area contributed by atoms with Crippen LogP contribution >= 0.6 is 0 Å². The molecular formula is C66H116O6. The maximum absolute atomic E-state index is 12.8. The molecule has 0 atom stereocenters. The number of unbranched alkanes of at least 4 members (excludes halogenated alkanes) is 30. The lowest BCUT2D eigenvalue weighted by molar-refractivity contribution is 0.0496. The smallest absolute Gasteiger partial charge is 0.338 e. The highest BCUT2D eigenvalue weighted by molar-refractivity contribution is 5.91. The van der Waals surface area contributed by atoms with E-state index in [-0.39, 0.29) is 33.4 Å². The molecule has 0 fully saturated rings. The Kier molecular flexibility index (Phi) is 33.5. The van der Waals surface area contributed by atoms with Gasteiger partial charge < -0.3 is 20.1 Å². The SMILES string of the molecule is CCCCCCCCCCCCCCCCCCOC(=O)c1cc(C(C)(C)C)c(O)c(C(C)(C)C)c1.CCCCCCCCCCCCCCCCCCc1c(C(=O)O)cc(C(C)(C)C)c(O)c1C(C)(C)C. The van der Waals surface area contributed by atoms with Crippen molar-refractivity contribution in [3.63, 3.8) is 0 Å². The molecule has 0 aromatic heterocycles. The fourth-order valence-electron chi connectivity index (χ4n) is 10.2. The topological polar surface area (TPSA) is 104 Å². The molecule has 0 spiro atoms. The van der Waals surface area contributed by atoms with E-state index in [9.17, 15) is 24.9 Å². The van der Waals surface area contributed by atoms with Crippen molar-refractivity contribution in [3.05, 3.63) is 57.1 Å². The summed E-state index contributed by atoms with van der Waals surface area (Å²) in [5.41, 5.74) is 3.71. The summed E-state index contributed by atoms with van der Waals surface area (Å²) in [6.07, 6.45) is 43.2. The van der Waals surface area contributed by atoms with Crippen LogP contribution in [-0.4, -0.2) is 33.9 Å². The number of aromatic carboxylic acids is 1. The molecule has 6 nitrogen and oxygen atoms in total. The first-order valence-corrected chi connectivity index (χ1v) is 30.1. The molecule has 2 aromatic carbocycles. The average Bonchev–Trinajstić information content (AvgIpc) is 3.28. The monoisotopic (exact) mass is 1000 g/mol. The number of hydrogen-bond donors (Lipinski definition) is 3. The van der Waals surface area contributed by atoms with Crippen molar-refractivity contribution in [1.29, 1.82) is 0 Å². The lowest BCUT2D eigenvalue weighted by Gasteiger charge is -2.30. The van der Waals surface area contributed by atoms with E-state index in [0.717, 1.165) is 53.5 Å². The Bertz CT molecular complexity index is 1720. The maximum atomic E-state index is 12.8. The molecule has 0 heterocycles. The third kappa shape index (κ3) is 28.0. The highest BCUT2D eigenvalue weighted by Gasteiger charge is 2.32. The molecule has 0 aliphatic rings. The number of esters is 1. The summed E-state index contributed by atoms with van der Waals surface area (Å²) >= 11 is 0. The molecule has 0 aliphatic heterocycles. The minimum Gasteiger partial charge on any atom is -0.507 e. The number of carbonyl (C=O) groups excluding carboxylic acids is 1. The van der Waals surface area contributed by atoms with Crippen LogP contribution in [0.2, 0.25) is 0 Å². The zero-order chi connectivity index (χ0) is 54.2. The highest BCUT2D eigenvalue weighted by atomic mass is 16.5.